The predicted molar refractivity (Wildman–Crippen MR) is 68.9 cm³/mol. The van der Waals surface area contributed by atoms with Gasteiger partial charge in [-0.05, 0) is 27.4 Å². The number of rotatable bonds is 4. The number of carbonyl (C=O) groups excluding carboxylic acids is 1. The van der Waals surface area contributed by atoms with Gasteiger partial charge in [0, 0.05) is 25.7 Å². The smallest absolute Gasteiger partial charge is 0.406 e. The lowest BCUT2D eigenvalue weighted by Crippen LogP contribution is -2.50. The summed E-state index contributed by atoms with van der Waals surface area (Å²) in [7, 11) is 3.62. The molecule has 2 atom stereocenters. The maximum atomic E-state index is 13.0. The minimum atomic E-state index is -4.88. The monoisotopic (exact) mass is 311 g/mol. The standard InChI is InChI=1S/C12H20F3N3O3/c1-8(17(2)3)6-16-10(21)18-5-4-11(7-18,9(19)20)12(13,14)15/h8H,4-7H2,1-3H3,(H,16,21)(H,19,20). The van der Waals surface area contributed by atoms with E-state index in [1.54, 1.807) is 0 Å². The Bertz CT molecular complexity index is 414. The first-order valence-corrected chi connectivity index (χ1v) is 6.50. The Morgan fingerprint density at radius 3 is 2.38 bits per heavy atom. The molecule has 1 aliphatic rings. The molecule has 21 heavy (non-hydrogen) atoms. The zero-order valence-corrected chi connectivity index (χ0v) is 12.2. The number of amides is 2. The molecule has 9 heteroatoms. The van der Waals surface area contributed by atoms with Gasteiger partial charge in [0.1, 0.15) is 0 Å². The fourth-order valence-corrected chi connectivity index (χ4v) is 2.04. The average Bonchev–Trinajstić information content (AvgIpc) is 2.81. The summed E-state index contributed by atoms with van der Waals surface area (Å²) in [5.74, 6) is -1.94. The third-order valence-corrected chi connectivity index (χ3v) is 3.94. The lowest BCUT2D eigenvalue weighted by molar-refractivity contribution is -0.226. The number of hydrogen-bond acceptors (Lipinski definition) is 3. The fourth-order valence-electron chi connectivity index (χ4n) is 2.04. The summed E-state index contributed by atoms with van der Waals surface area (Å²) in [4.78, 5) is 25.6. The van der Waals surface area contributed by atoms with Crippen LogP contribution in [0.2, 0.25) is 0 Å². The lowest BCUT2D eigenvalue weighted by atomic mass is 9.86. The second kappa shape index (κ2) is 6.08. The Morgan fingerprint density at radius 1 is 1.43 bits per heavy atom. The van der Waals surface area contributed by atoms with Crippen molar-refractivity contribution in [1.29, 1.82) is 0 Å². The zero-order chi connectivity index (χ0) is 16.4. The summed E-state index contributed by atoms with van der Waals surface area (Å²) in [6, 6.07) is -0.653. The molecule has 2 N–H and O–H groups in total. The number of halogens is 3. The number of likely N-dealkylation sites (N-methyl/N-ethyl adjacent to an activating group) is 1. The molecule has 0 aromatic carbocycles. The number of carbonyl (C=O) groups is 2. The van der Waals surface area contributed by atoms with E-state index in [4.69, 9.17) is 5.11 Å². The van der Waals surface area contributed by atoms with Crippen LogP contribution in [0, 0.1) is 5.41 Å². The number of aliphatic carboxylic acids is 1. The maximum Gasteiger partial charge on any atom is 0.406 e. The summed E-state index contributed by atoms with van der Waals surface area (Å²) in [6.45, 7) is 1.04. The highest BCUT2D eigenvalue weighted by molar-refractivity contribution is 5.80. The van der Waals surface area contributed by atoms with Crippen molar-refractivity contribution in [2.45, 2.75) is 25.6 Å². The molecule has 1 aliphatic heterocycles. The Hall–Kier alpha value is -1.51. The number of carboxylic acid groups (broad SMARTS) is 1. The molecule has 0 aromatic heterocycles. The number of alkyl halides is 3. The number of nitrogens with one attached hydrogen (secondary N) is 1. The molecule has 2 amide bonds. The van der Waals surface area contributed by atoms with Crippen molar-refractivity contribution < 1.29 is 27.9 Å². The highest BCUT2D eigenvalue weighted by atomic mass is 19.4. The van der Waals surface area contributed by atoms with E-state index < -0.39 is 36.6 Å². The number of hydrogen-bond donors (Lipinski definition) is 2. The van der Waals surface area contributed by atoms with E-state index in [9.17, 15) is 22.8 Å². The first kappa shape index (κ1) is 17.5. The predicted octanol–water partition coefficient (Wildman–Crippen LogP) is 0.985. The Kier molecular flexibility index (Phi) is 5.08. The van der Waals surface area contributed by atoms with E-state index in [-0.39, 0.29) is 19.1 Å². The van der Waals surface area contributed by atoms with Crippen molar-refractivity contribution in [3.05, 3.63) is 0 Å². The highest BCUT2D eigenvalue weighted by Crippen LogP contribution is 2.45. The number of urea groups is 1. The number of nitrogens with zero attached hydrogens (tertiary/aromatic N) is 2. The second-order valence-corrected chi connectivity index (χ2v) is 5.56. The van der Waals surface area contributed by atoms with Gasteiger partial charge in [-0.15, -0.1) is 0 Å². The SMILES string of the molecule is CC(CNC(=O)N1CCC(C(=O)O)(C(F)(F)F)C1)N(C)C. The van der Waals surface area contributed by atoms with Crippen molar-refractivity contribution in [1.82, 2.24) is 15.1 Å². The van der Waals surface area contributed by atoms with Gasteiger partial charge in [0.05, 0.1) is 0 Å². The molecule has 6 nitrogen and oxygen atoms in total. The van der Waals surface area contributed by atoms with E-state index >= 15 is 0 Å². The minimum absolute atomic E-state index is 0.0170. The molecule has 0 aromatic rings. The molecular weight excluding hydrogens is 291 g/mol. The van der Waals surface area contributed by atoms with E-state index in [1.165, 1.54) is 0 Å². The minimum Gasteiger partial charge on any atom is -0.481 e. The first-order valence-electron chi connectivity index (χ1n) is 6.50. The Labute approximate surface area is 120 Å². The van der Waals surface area contributed by atoms with Gasteiger partial charge in [-0.3, -0.25) is 4.79 Å². The fraction of sp³-hybridized carbons (Fsp3) is 0.833. The number of carboxylic acids is 1. The van der Waals surface area contributed by atoms with Gasteiger partial charge in [-0.1, -0.05) is 0 Å². The van der Waals surface area contributed by atoms with Crippen LogP contribution in [0.3, 0.4) is 0 Å². The van der Waals surface area contributed by atoms with Crippen molar-refractivity contribution in [2.75, 3.05) is 33.7 Å². The summed E-state index contributed by atoms with van der Waals surface area (Å²) < 4.78 is 38.9. The molecule has 0 bridgehead atoms. The van der Waals surface area contributed by atoms with E-state index in [1.807, 2.05) is 25.9 Å². The van der Waals surface area contributed by atoms with Crippen molar-refractivity contribution >= 4 is 12.0 Å². The summed E-state index contributed by atoms with van der Waals surface area (Å²) in [6.07, 6.45) is -5.51. The molecule has 1 rings (SSSR count). The molecule has 2 unspecified atom stereocenters. The van der Waals surface area contributed by atoms with Gasteiger partial charge >= 0.3 is 18.2 Å². The topological polar surface area (TPSA) is 72.9 Å². The molecule has 0 spiro atoms. The van der Waals surface area contributed by atoms with Crippen LogP contribution in [0.4, 0.5) is 18.0 Å². The lowest BCUT2D eigenvalue weighted by Gasteiger charge is -2.27. The van der Waals surface area contributed by atoms with Crippen LogP contribution in [0.5, 0.6) is 0 Å². The second-order valence-electron chi connectivity index (χ2n) is 5.56. The van der Waals surface area contributed by atoms with Gasteiger partial charge in [0.2, 0.25) is 0 Å². The van der Waals surface area contributed by atoms with Gasteiger partial charge in [0.25, 0.3) is 0 Å². The summed E-state index contributed by atoms with van der Waals surface area (Å²) in [5, 5.41) is 11.4. The zero-order valence-electron chi connectivity index (χ0n) is 12.2. The van der Waals surface area contributed by atoms with Crippen molar-refractivity contribution in [3.8, 4) is 0 Å². The van der Waals surface area contributed by atoms with Crippen LogP contribution >= 0.6 is 0 Å². The largest absolute Gasteiger partial charge is 0.481 e. The molecular formula is C12H20F3N3O3. The molecule has 0 radical (unpaired) electrons. The van der Waals surface area contributed by atoms with Crippen molar-refractivity contribution in [3.63, 3.8) is 0 Å². The van der Waals surface area contributed by atoms with Crippen LogP contribution in [0.25, 0.3) is 0 Å². The van der Waals surface area contributed by atoms with E-state index in [2.05, 4.69) is 5.32 Å². The van der Waals surface area contributed by atoms with Crippen LogP contribution < -0.4 is 5.32 Å². The first-order chi connectivity index (χ1) is 9.51. The summed E-state index contributed by atoms with van der Waals surface area (Å²) >= 11 is 0. The summed E-state index contributed by atoms with van der Waals surface area (Å²) in [5.41, 5.74) is -2.86. The van der Waals surface area contributed by atoms with Gasteiger partial charge in [0.15, 0.2) is 5.41 Å². The average molecular weight is 311 g/mol. The molecule has 1 fully saturated rings. The number of likely N-dealkylation sites (tertiary alicyclic amines) is 1. The third-order valence-electron chi connectivity index (χ3n) is 3.94. The molecule has 0 aliphatic carbocycles. The van der Waals surface area contributed by atoms with Crippen LogP contribution in [-0.2, 0) is 4.79 Å². The maximum absolute atomic E-state index is 13.0. The third kappa shape index (κ3) is 3.58. The Morgan fingerprint density at radius 2 is 2.00 bits per heavy atom. The van der Waals surface area contributed by atoms with E-state index in [0.717, 1.165) is 4.90 Å². The van der Waals surface area contributed by atoms with Crippen LogP contribution in [0.1, 0.15) is 13.3 Å². The van der Waals surface area contributed by atoms with Gasteiger partial charge in [-0.2, -0.15) is 13.2 Å². The van der Waals surface area contributed by atoms with Crippen LogP contribution in [0.15, 0.2) is 0 Å². The molecule has 122 valence electrons. The molecule has 1 heterocycles. The Balaban J connectivity index is 2.68. The van der Waals surface area contributed by atoms with Crippen molar-refractivity contribution in [2.24, 2.45) is 5.41 Å². The molecule has 0 saturated carbocycles. The van der Waals surface area contributed by atoms with E-state index in [0.29, 0.717) is 0 Å². The highest BCUT2D eigenvalue weighted by Gasteiger charge is 2.64. The van der Waals surface area contributed by atoms with Gasteiger partial charge in [-0.25, -0.2) is 4.79 Å². The van der Waals surface area contributed by atoms with Gasteiger partial charge < -0.3 is 20.2 Å². The normalized spacial score (nSPS) is 24.2. The quantitative estimate of drug-likeness (QED) is 0.812. The van der Waals surface area contributed by atoms with Crippen LogP contribution in [-0.4, -0.2) is 72.9 Å². The molecule has 1 saturated heterocycles.